The van der Waals surface area contributed by atoms with Gasteiger partial charge in [-0.15, -0.1) is 0 Å². The normalized spacial score (nSPS) is 14.1. The molecule has 0 spiro atoms. The van der Waals surface area contributed by atoms with Gasteiger partial charge in [-0.25, -0.2) is 4.79 Å². The lowest BCUT2D eigenvalue weighted by molar-refractivity contribution is -0.119. The average Bonchev–Trinajstić information content (AvgIpc) is 2.79. The van der Waals surface area contributed by atoms with Gasteiger partial charge >= 0.3 is 5.97 Å². The number of methoxy groups -OCH3 is 1. The zero-order chi connectivity index (χ0) is 21.5. The summed E-state index contributed by atoms with van der Waals surface area (Å²) < 4.78 is 4.70. The van der Waals surface area contributed by atoms with Crippen molar-refractivity contribution in [3.63, 3.8) is 0 Å². The molecule has 0 saturated carbocycles. The van der Waals surface area contributed by atoms with E-state index in [4.69, 9.17) is 17.0 Å². The molecule has 2 aromatic carbocycles. The van der Waals surface area contributed by atoms with Crippen LogP contribution in [0.15, 0.2) is 54.6 Å². The number of likely N-dealkylation sites (N-methyl/N-ethyl adjacent to an activating group) is 1. The summed E-state index contributed by atoms with van der Waals surface area (Å²) in [7, 11) is 3.16. The highest BCUT2D eigenvalue weighted by Crippen LogP contribution is 2.14. The lowest BCUT2D eigenvalue weighted by atomic mass is 10.2. The van der Waals surface area contributed by atoms with Crippen LogP contribution in [0.5, 0.6) is 0 Å². The van der Waals surface area contributed by atoms with Crippen LogP contribution in [0.3, 0.4) is 0 Å². The quantitative estimate of drug-likeness (QED) is 0.582. The van der Waals surface area contributed by atoms with E-state index in [1.807, 2.05) is 30.3 Å². The molecule has 1 aliphatic rings. The molecule has 1 N–H and O–H groups in total. The maximum atomic E-state index is 12.6. The van der Waals surface area contributed by atoms with Gasteiger partial charge in [0.05, 0.1) is 19.2 Å². The second-order valence-electron chi connectivity index (χ2n) is 7.05. The number of nitrogens with zero attached hydrogens (tertiary/aromatic N) is 3. The first-order valence-corrected chi connectivity index (χ1v) is 10.2. The number of benzene rings is 2. The van der Waals surface area contributed by atoms with E-state index in [2.05, 4.69) is 15.1 Å². The molecule has 8 heteroatoms. The molecule has 0 unspecified atom stereocenters. The van der Waals surface area contributed by atoms with Crippen LogP contribution in [0.25, 0.3) is 0 Å². The zero-order valence-electron chi connectivity index (χ0n) is 17.2. The number of thiocarbonyl (C=S) groups is 1. The number of anilines is 2. The fraction of sp³-hybridized carbons (Fsp3) is 0.318. The molecule has 3 rings (SSSR count). The first-order valence-electron chi connectivity index (χ1n) is 9.76. The molecule has 1 aliphatic heterocycles. The molecule has 158 valence electrons. The average molecular weight is 427 g/mol. The summed E-state index contributed by atoms with van der Waals surface area (Å²) in [6, 6.07) is 16.6. The Morgan fingerprint density at radius 1 is 1.03 bits per heavy atom. The fourth-order valence-corrected chi connectivity index (χ4v) is 3.51. The SMILES string of the molecule is COC(=O)c1ccc(NC(=S)N2CCN(CC(=O)N(C)c3ccccc3)CC2)cc1. The minimum atomic E-state index is -0.368. The van der Waals surface area contributed by atoms with Gasteiger partial charge in [0.15, 0.2) is 5.11 Å². The summed E-state index contributed by atoms with van der Waals surface area (Å²) >= 11 is 5.52. The number of carbonyl (C=O) groups excluding carboxylic acids is 2. The molecule has 0 aromatic heterocycles. The summed E-state index contributed by atoms with van der Waals surface area (Å²) in [4.78, 5) is 30.0. The van der Waals surface area contributed by atoms with Crippen LogP contribution in [-0.4, -0.2) is 73.7 Å². The number of amides is 1. The number of rotatable bonds is 5. The lowest BCUT2D eigenvalue weighted by Crippen LogP contribution is -2.52. The van der Waals surface area contributed by atoms with E-state index in [1.54, 1.807) is 36.2 Å². The minimum absolute atomic E-state index is 0.0704. The molecular weight excluding hydrogens is 400 g/mol. The van der Waals surface area contributed by atoms with Crippen molar-refractivity contribution in [2.75, 3.05) is 57.1 Å². The second-order valence-corrected chi connectivity index (χ2v) is 7.44. The summed E-state index contributed by atoms with van der Waals surface area (Å²) in [6.07, 6.45) is 0. The van der Waals surface area contributed by atoms with Crippen molar-refractivity contribution < 1.29 is 14.3 Å². The molecule has 2 aromatic rings. The molecule has 0 aliphatic carbocycles. The van der Waals surface area contributed by atoms with Crippen molar-refractivity contribution in [2.24, 2.45) is 0 Å². The van der Waals surface area contributed by atoms with Gasteiger partial charge < -0.3 is 19.9 Å². The molecule has 0 bridgehead atoms. The van der Waals surface area contributed by atoms with Gasteiger partial charge in [0.25, 0.3) is 0 Å². The largest absolute Gasteiger partial charge is 0.465 e. The summed E-state index contributed by atoms with van der Waals surface area (Å²) in [5.41, 5.74) is 2.20. The van der Waals surface area contributed by atoms with Crippen molar-refractivity contribution >= 4 is 40.6 Å². The van der Waals surface area contributed by atoms with Crippen LogP contribution in [0, 0.1) is 0 Å². The zero-order valence-corrected chi connectivity index (χ0v) is 18.0. The number of carbonyl (C=O) groups is 2. The van der Waals surface area contributed by atoms with Gasteiger partial charge in [0.2, 0.25) is 5.91 Å². The van der Waals surface area contributed by atoms with Crippen molar-refractivity contribution in [1.29, 1.82) is 0 Å². The standard InChI is InChI=1S/C22H26N4O3S/c1-24(19-6-4-3-5-7-19)20(27)16-25-12-14-26(15-13-25)22(30)23-18-10-8-17(9-11-18)21(28)29-2/h3-11H,12-16H2,1-2H3,(H,23,30). The number of hydrogen-bond donors (Lipinski definition) is 1. The minimum Gasteiger partial charge on any atom is -0.465 e. The highest BCUT2D eigenvalue weighted by atomic mass is 32.1. The van der Waals surface area contributed by atoms with Crippen LogP contribution >= 0.6 is 12.2 Å². The predicted octanol–water partition coefficient (Wildman–Crippen LogP) is 2.45. The number of nitrogens with one attached hydrogen (secondary N) is 1. The first-order chi connectivity index (χ1) is 14.5. The Hall–Kier alpha value is -2.97. The number of para-hydroxylation sites is 1. The highest BCUT2D eigenvalue weighted by molar-refractivity contribution is 7.80. The second kappa shape index (κ2) is 10.2. The van der Waals surface area contributed by atoms with Gasteiger partial charge in [0.1, 0.15) is 0 Å². The molecule has 0 radical (unpaired) electrons. The highest BCUT2D eigenvalue weighted by Gasteiger charge is 2.22. The van der Waals surface area contributed by atoms with Crippen LogP contribution < -0.4 is 10.2 Å². The van der Waals surface area contributed by atoms with Gasteiger partial charge in [-0.2, -0.15) is 0 Å². The predicted molar refractivity (Wildman–Crippen MR) is 122 cm³/mol. The van der Waals surface area contributed by atoms with Crippen LogP contribution in [0.2, 0.25) is 0 Å². The Morgan fingerprint density at radius 2 is 1.67 bits per heavy atom. The van der Waals surface area contributed by atoms with E-state index in [1.165, 1.54) is 7.11 Å². The monoisotopic (exact) mass is 426 g/mol. The van der Waals surface area contributed by atoms with Crippen molar-refractivity contribution in [3.05, 3.63) is 60.2 Å². The molecular formula is C22H26N4O3S. The van der Waals surface area contributed by atoms with E-state index in [0.29, 0.717) is 17.2 Å². The molecule has 1 heterocycles. The molecule has 1 fully saturated rings. The van der Waals surface area contributed by atoms with E-state index >= 15 is 0 Å². The molecule has 1 saturated heterocycles. The molecule has 0 atom stereocenters. The third kappa shape index (κ3) is 5.55. The number of piperazine rings is 1. The Balaban J connectivity index is 1.46. The van der Waals surface area contributed by atoms with Crippen molar-refractivity contribution in [2.45, 2.75) is 0 Å². The number of ether oxygens (including phenoxy) is 1. The smallest absolute Gasteiger partial charge is 0.337 e. The third-order valence-corrected chi connectivity index (χ3v) is 5.45. The molecule has 30 heavy (non-hydrogen) atoms. The molecule has 7 nitrogen and oxygen atoms in total. The maximum absolute atomic E-state index is 12.6. The van der Waals surface area contributed by atoms with Gasteiger partial charge in [-0.05, 0) is 48.6 Å². The lowest BCUT2D eigenvalue weighted by Gasteiger charge is -2.36. The van der Waals surface area contributed by atoms with E-state index in [0.717, 1.165) is 37.6 Å². The van der Waals surface area contributed by atoms with E-state index in [-0.39, 0.29) is 11.9 Å². The first kappa shape index (κ1) is 21.7. The summed E-state index contributed by atoms with van der Waals surface area (Å²) in [5, 5.41) is 3.84. The Labute approximate surface area is 182 Å². The fourth-order valence-electron chi connectivity index (χ4n) is 3.21. The maximum Gasteiger partial charge on any atom is 0.337 e. The summed E-state index contributed by atoms with van der Waals surface area (Å²) in [6.45, 7) is 3.40. The Kier molecular flexibility index (Phi) is 7.37. The van der Waals surface area contributed by atoms with Crippen LogP contribution in [-0.2, 0) is 9.53 Å². The van der Waals surface area contributed by atoms with E-state index in [9.17, 15) is 9.59 Å². The number of hydrogen-bond acceptors (Lipinski definition) is 5. The van der Waals surface area contributed by atoms with Gasteiger partial charge in [0, 0.05) is 44.6 Å². The summed E-state index contributed by atoms with van der Waals surface area (Å²) in [5.74, 6) is -0.297. The number of esters is 1. The Bertz CT molecular complexity index is 881. The Morgan fingerprint density at radius 3 is 2.27 bits per heavy atom. The van der Waals surface area contributed by atoms with Crippen molar-refractivity contribution in [3.8, 4) is 0 Å². The van der Waals surface area contributed by atoms with Crippen LogP contribution in [0.4, 0.5) is 11.4 Å². The van der Waals surface area contributed by atoms with E-state index < -0.39 is 0 Å². The third-order valence-electron chi connectivity index (χ3n) is 5.09. The molecule has 1 amide bonds. The van der Waals surface area contributed by atoms with Gasteiger partial charge in [-0.1, -0.05) is 18.2 Å². The van der Waals surface area contributed by atoms with Crippen LogP contribution in [0.1, 0.15) is 10.4 Å². The van der Waals surface area contributed by atoms with Gasteiger partial charge in [-0.3, -0.25) is 9.69 Å². The topological polar surface area (TPSA) is 65.1 Å². The van der Waals surface area contributed by atoms with Crippen molar-refractivity contribution in [1.82, 2.24) is 9.80 Å².